The first-order chi connectivity index (χ1) is 8.65. The molecule has 2 aliphatic carbocycles. The van der Waals surface area contributed by atoms with E-state index in [9.17, 15) is 0 Å². The summed E-state index contributed by atoms with van der Waals surface area (Å²) in [5.74, 6) is 0. The summed E-state index contributed by atoms with van der Waals surface area (Å²) in [5, 5.41) is 0. The van der Waals surface area contributed by atoms with Gasteiger partial charge in [-0.05, 0) is 62.3 Å². The first-order valence-corrected chi connectivity index (χ1v) is 7.23. The molecule has 2 heteroatoms. The molecule has 0 heterocycles. The van der Waals surface area contributed by atoms with E-state index in [4.69, 9.17) is 5.73 Å². The maximum absolute atomic E-state index is 6.17. The van der Waals surface area contributed by atoms with Crippen LogP contribution < -0.4 is 5.73 Å². The summed E-state index contributed by atoms with van der Waals surface area (Å²) in [7, 11) is 2.19. The number of rotatable bonds is 4. The topological polar surface area (TPSA) is 29.3 Å². The van der Waals surface area contributed by atoms with Crippen molar-refractivity contribution in [2.45, 2.75) is 50.6 Å². The van der Waals surface area contributed by atoms with Crippen LogP contribution >= 0.6 is 0 Å². The fourth-order valence-electron chi connectivity index (χ4n) is 3.11. The summed E-state index contributed by atoms with van der Waals surface area (Å²) in [6.45, 7) is 2.07. The van der Waals surface area contributed by atoms with Crippen LogP contribution in [0, 0.1) is 0 Å². The highest BCUT2D eigenvalue weighted by molar-refractivity contribution is 5.33. The Kier molecular flexibility index (Phi) is 3.16. The molecular formula is C16H24N2. The lowest BCUT2D eigenvalue weighted by atomic mass is 9.90. The monoisotopic (exact) mass is 244 g/mol. The third-order valence-electron chi connectivity index (χ3n) is 4.34. The first kappa shape index (κ1) is 12.2. The molecule has 1 aromatic carbocycles. The van der Waals surface area contributed by atoms with Crippen molar-refractivity contribution in [2.24, 2.45) is 5.73 Å². The minimum absolute atomic E-state index is 0.128. The van der Waals surface area contributed by atoms with Gasteiger partial charge in [-0.3, -0.25) is 0 Å². The van der Waals surface area contributed by atoms with Crippen molar-refractivity contribution in [1.29, 1.82) is 0 Å². The molecule has 0 bridgehead atoms. The molecule has 0 radical (unpaired) electrons. The average molecular weight is 244 g/mol. The van der Waals surface area contributed by atoms with E-state index in [1.54, 1.807) is 11.1 Å². The fraction of sp³-hybridized carbons (Fsp3) is 0.625. The van der Waals surface area contributed by atoms with Gasteiger partial charge in [0, 0.05) is 18.6 Å². The van der Waals surface area contributed by atoms with Gasteiger partial charge in [0.25, 0.3) is 0 Å². The van der Waals surface area contributed by atoms with Crippen LogP contribution in [0.25, 0.3) is 0 Å². The van der Waals surface area contributed by atoms with Crippen LogP contribution in [0.2, 0.25) is 0 Å². The summed E-state index contributed by atoms with van der Waals surface area (Å²) >= 11 is 0. The molecule has 0 atom stereocenters. The molecule has 2 N–H and O–H groups in total. The van der Waals surface area contributed by atoms with E-state index in [0.29, 0.717) is 0 Å². The van der Waals surface area contributed by atoms with Crippen LogP contribution in [-0.2, 0) is 19.4 Å². The molecule has 1 fully saturated rings. The van der Waals surface area contributed by atoms with Gasteiger partial charge < -0.3 is 10.6 Å². The highest BCUT2D eigenvalue weighted by atomic mass is 15.1. The Hall–Kier alpha value is -0.860. The van der Waals surface area contributed by atoms with Crippen molar-refractivity contribution in [3.8, 4) is 0 Å². The Balaban J connectivity index is 1.65. The number of nitrogens with zero attached hydrogens (tertiary/aromatic N) is 1. The van der Waals surface area contributed by atoms with Crippen LogP contribution in [0.1, 0.15) is 42.4 Å². The molecule has 18 heavy (non-hydrogen) atoms. The number of hydrogen-bond acceptors (Lipinski definition) is 2. The highest BCUT2D eigenvalue weighted by Gasteiger charge is 2.38. The summed E-state index contributed by atoms with van der Waals surface area (Å²) in [6, 6.07) is 7.06. The standard InChI is InChI=1S/C16H24N2/c1-18(12-16(17)8-9-16)11-13-6-7-14-4-2-3-5-15(14)10-13/h6-7,10H,2-5,8-9,11-12,17H2,1H3. The minimum atomic E-state index is 0.128. The van der Waals surface area contributed by atoms with E-state index in [1.807, 2.05) is 0 Å². The Morgan fingerprint density at radius 1 is 1.17 bits per heavy atom. The quantitative estimate of drug-likeness (QED) is 0.881. The Labute approximate surface area is 110 Å². The third kappa shape index (κ3) is 2.76. The molecule has 0 aromatic heterocycles. The van der Waals surface area contributed by atoms with E-state index >= 15 is 0 Å². The van der Waals surface area contributed by atoms with Gasteiger partial charge in [-0.2, -0.15) is 0 Å². The molecule has 0 saturated heterocycles. The molecule has 1 saturated carbocycles. The van der Waals surface area contributed by atoms with Crippen molar-refractivity contribution < 1.29 is 0 Å². The molecule has 0 aliphatic heterocycles. The second kappa shape index (κ2) is 4.67. The zero-order valence-electron chi connectivity index (χ0n) is 11.4. The van der Waals surface area contributed by atoms with E-state index in [-0.39, 0.29) is 5.54 Å². The zero-order valence-corrected chi connectivity index (χ0v) is 11.4. The predicted molar refractivity (Wildman–Crippen MR) is 75.6 cm³/mol. The summed E-state index contributed by atoms with van der Waals surface area (Å²) in [5.41, 5.74) is 10.9. The van der Waals surface area contributed by atoms with Gasteiger partial charge in [0.05, 0.1) is 0 Å². The molecule has 0 spiro atoms. The van der Waals surface area contributed by atoms with Crippen LogP contribution in [0.3, 0.4) is 0 Å². The van der Waals surface area contributed by atoms with Gasteiger partial charge in [-0.15, -0.1) is 0 Å². The van der Waals surface area contributed by atoms with E-state index in [0.717, 1.165) is 13.1 Å². The number of likely N-dealkylation sites (N-methyl/N-ethyl adjacent to an activating group) is 1. The molecule has 2 aliphatic rings. The van der Waals surface area contributed by atoms with Gasteiger partial charge >= 0.3 is 0 Å². The third-order valence-corrected chi connectivity index (χ3v) is 4.34. The van der Waals surface area contributed by atoms with Crippen molar-refractivity contribution >= 4 is 0 Å². The summed E-state index contributed by atoms with van der Waals surface area (Å²) < 4.78 is 0. The minimum Gasteiger partial charge on any atom is -0.324 e. The Bertz CT molecular complexity index is 435. The van der Waals surface area contributed by atoms with E-state index in [2.05, 4.69) is 30.1 Å². The van der Waals surface area contributed by atoms with E-state index < -0.39 is 0 Å². The highest BCUT2D eigenvalue weighted by Crippen LogP contribution is 2.33. The maximum Gasteiger partial charge on any atom is 0.0284 e. The second-order valence-electron chi connectivity index (χ2n) is 6.34. The molecule has 3 rings (SSSR count). The van der Waals surface area contributed by atoms with Gasteiger partial charge in [-0.25, -0.2) is 0 Å². The van der Waals surface area contributed by atoms with Gasteiger partial charge in [0.2, 0.25) is 0 Å². The zero-order chi connectivity index (χ0) is 12.6. The molecule has 1 aromatic rings. The van der Waals surface area contributed by atoms with Gasteiger partial charge in [0.1, 0.15) is 0 Å². The fourth-order valence-corrected chi connectivity index (χ4v) is 3.11. The molecule has 0 unspecified atom stereocenters. The number of aryl methyl sites for hydroxylation is 2. The lowest BCUT2D eigenvalue weighted by Crippen LogP contribution is -2.36. The molecule has 2 nitrogen and oxygen atoms in total. The SMILES string of the molecule is CN(Cc1ccc2c(c1)CCCC2)CC1(N)CC1. The normalized spacial score (nSPS) is 20.8. The first-order valence-electron chi connectivity index (χ1n) is 7.23. The van der Waals surface area contributed by atoms with Crippen LogP contribution in [0.4, 0.5) is 0 Å². The maximum atomic E-state index is 6.17. The van der Waals surface area contributed by atoms with Crippen molar-refractivity contribution in [3.05, 3.63) is 34.9 Å². The number of benzene rings is 1. The molecule has 0 amide bonds. The lowest BCUT2D eigenvalue weighted by molar-refractivity contribution is 0.295. The van der Waals surface area contributed by atoms with E-state index in [1.165, 1.54) is 44.1 Å². The van der Waals surface area contributed by atoms with Crippen molar-refractivity contribution in [2.75, 3.05) is 13.6 Å². The van der Waals surface area contributed by atoms with Crippen molar-refractivity contribution in [1.82, 2.24) is 4.90 Å². The molecule has 98 valence electrons. The number of hydrogen-bond donors (Lipinski definition) is 1. The largest absolute Gasteiger partial charge is 0.324 e. The second-order valence-corrected chi connectivity index (χ2v) is 6.34. The number of nitrogens with two attached hydrogens (primary N) is 1. The summed E-state index contributed by atoms with van der Waals surface area (Å²) in [6.07, 6.45) is 7.66. The van der Waals surface area contributed by atoms with Gasteiger partial charge in [0.15, 0.2) is 0 Å². The Morgan fingerprint density at radius 2 is 1.89 bits per heavy atom. The molecular weight excluding hydrogens is 220 g/mol. The predicted octanol–water partition coefficient (Wildman–Crippen LogP) is 2.49. The lowest BCUT2D eigenvalue weighted by Gasteiger charge is -2.22. The van der Waals surface area contributed by atoms with Gasteiger partial charge in [-0.1, -0.05) is 18.2 Å². The van der Waals surface area contributed by atoms with Crippen LogP contribution in [0.15, 0.2) is 18.2 Å². The summed E-state index contributed by atoms with van der Waals surface area (Å²) in [4.78, 5) is 2.37. The van der Waals surface area contributed by atoms with Crippen LogP contribution in [0.5, 0.6) is 0 Å². The number of fused-ring (bicyclic) bond motifs is 1. The van der Waals surface area contributed by atoms with Crippen molar-refractivity contribution in [3.63, 3.8) is 0 Å². The van der Waals surface area contributed by atoms with Crippen LogP contribution in [-0.4, -0.2) is 24.0 Å². The average Bonchev–Trinajstić information content (AvgIpc) is 3.06. The smallest absolute Gasteiger partial charge is 0.0284 e. The Morgan fingerprint density at radius 3 is 2.61 bits per heavy atom.